The van der Waals surface area contributed by atoms with E-state index in [0.29, 0.717) is 27.6 Å². The van der Waals surface area contributed by atoms with E-state index in [1.165, 1.54) is 0 Å². The molecule has 0 amide bonds. The fraction of sp³-hybridized carbons (Fsp3) is 0.0588. The van der Waals surface area contributed by atoms with Gasteiger partial charge in [0.1, 0.15) is 5.75 Å². The van der Waals surface area contributed by atoms with Gasteiger partial charge in [-0.25, -0.2) is 9.59 Å². The van der Waals surface area contributed by atoms with Gasteiger partial charge in [-0.05, 0) is 23.8 Å². The summed E-state index contributed by atoms with van der Waals surface area (Å²) in [5.41, 5.74) is 0.355. The van der Waals surface area contributed by atoms with Gasteiger partial charge >= 0.3 is 11.6 Å². The van der Waals surface area contributed by atoms with E-state index in [9.17, 15) is 14.7 Å². The Morgan fingerprint density at radius 1 is 1.05 bits per heavy atom. The van der Waals surface area contributed by atoms with Crippen molar-refractivity contribution >= 4 is 16.7 Å². The molecular formula is C17H12O5. The summed E-state index contributed by atoms with van der Waals surface area (Å²) in [6, 6.07) is 13.7. The van der Waals surface area contributed by atoms with Crippen molar-refractivity contribution in [3.63, 3.8) is 0 Å². The van der Waals surface area contributed by atoms with Crippen LogP contribution < -0.4 is 10.4 Å². The van der Waals surface area contributed by atoms with Crippen molar-refractivity contribution < 1.29 is 19.1 Å². The van der Waals surface area contributed by atoms with Crippen LogP contribution in [0, 0.1) is 0 Å². The molecule has 0 aliphatic heterocycles. The summed E-state index contributed by atoms with van der Waals surface area (Å²) in [5.74, 6) is -0.996. The minimum atomic E-state index is -1.28. The molecular weight excluding hydrogens is 284 g/mol. The van der Waals surface area contributed by atoms with Crippen LogP contribution in [0.5, 0.6) is 5.75 Å². The number of hydrogen-bond donors (Lipinski definition) is 1. The molecule has 0 atom stereocenters. The van der Waals surface area contributed by atoms with E-state index in [4.69, 9.17) is 9.15 Å². The van der Waals surface area contributed by atoms with Crippen LogP contribution in [0.4, 0.5) is 0 Å². The third-order valence-electron chi connectivity index (χ3n) is 3.41. The smallest absolute Gasteiger partial charge is 0.372 e. The van der Waals surface area contributed by atoms with Gasteiger partial charge in [0.2, 0.25) is 5.76 Å². The molecule has 5 heteroatoms. The minimum absolute atomic E-state index is 0.346. The molecule has 0 saturated heterocycles. The Morgan fingerprint density at radius 3 is 2.27 bits per heavy atom. The van der Waals surface area contributed by atoms with Gasteiger partial charge in [0, 0.05) is 10.9 Å². The average molecular weight is 296 g/mol. The van der Waals surface area contributed by atoms with Crippen LogP contribution >= 0.6 is 0 Å². The van der Waals surface area contributed by atoms with E-state index in [1.807, 2.05) is 0 Å². The van der Waals surface area contributed by atoms with Gasteiger partial charge in [-0.3, -0.25) is 0 Å². The maximum absolute atomic E-state index is 11.9. The van der Waals surface area contributed by atoms with Gasteiger partial charge in [-0.15, -0.1) is 0 Å². The molecule has 3 aromatic rings. The highest BCUT2D eigenvalue weighted by Gasteiger charge is 2.20. The maximum Gasteiger partial charge on any atom is 0.372 e. The molecule has 3 rings (SSSR count). The molecule has 0 aliphatic carbocycles. The van der Waals surface area contributed by atoms with E-state index in [1.54, 1.807) is 55.6 Å². The summed E-state index contributed by atoms with van der Waals surface area (Å²) >= 11 is 0. The maximum atomic E-state index is 11.9. The second-order valence-corrected chi connectivity index (χ2v) is 4.67. The molecule has 0 saturated carbocycles. The lowest BCUT2D eigenvalue weighted by atomic mass is 9.98. The Kier molecular flexibility index (Phi) is 3.39. The fourth-order valence-corrected chi connectivity index (χ4v) is 2.40. The van der Waals surface area contributed by atoms with Crippen molar-refractivity contribution in [2.75, 3.05) is 7.11 Å². The van der Waals surface area contributed by atoms with E-state index in [2.05, 4.69) is 0 Å². The number of rotatable bonds is 3. The zero-order chi connectivity index (χ0) is 15.7. The summed E-state index contributed by atoms with van der Waals surface area (Å²) in [6.07, 6.45) is 0. The van der Waals surface area contributed by atoms with Crippen molar-refractivity contribution in [1.82, 2.24) is 0 Å². The lowest BCUT2D eigenvalue weighted by Gasteiger charge is -2.09. The number of carboxylic acids is 1. The van der Waals surface area contributed by atoms with Crippen molar-refractivity contribution in [2.24, 2.45) is 0 Å². The highest BCUT2D eigenvalue weighted by atomic mass is 16.5. The molecule has 0 bridgehead atoms. The molecule has 2 aromatic carbocycles. The number of carbonyl (C=O) groups is 1. The highest BCUT2D eigenvalue weighted by Crippen LogP contribution is 2.31. The van der Waals surface area contributed by atoms with E-state index >= 15 is 0 Å². The highest BCUT2D eigenvalue weighted by molar-refractivity contribution is 6.04. The third kappa shape index (κ3) is 2.22. The molecule has 1 heterocycles. The molecule has 1 N–H and O–H groups in total. The first-order valence-corrected chi connectivity index (χ1v) is 6.55. The Labute approximate surface area is 125 Å². The monoisotopic (exact) mass is 296 g/mol. The Hall–Kier alpha value is -3.08. The van der Waals surface area contributed by atoms with Gasteiger partial charge in [0.25, 0.3) is 0 Å². The van der Waals surface area contributed by atoms with Gasteiger partial charge in [-0.1, -0.05) is 30.3 Å². The third-order valence-corrected chi connectivity index (χ3v) is 3.41. The standard InChI is InChI=1S/C17H12O5/c1-21-11-8-6-10(7-9-11)14-12-4-2-3-5-13(12)17(20)22-15(14)16(18)19/h2-9H,1H3,(H,18,19). The second-order valence-electron chi connectivity index (χ2n) is 4.67. The first kappa shape index (κ1) is 13.9. The number of ether oxygens (including phenoxy) is 1. The number of aromatic carboxylic acids is 1. The predicted molar refractivity (Wildman–Crippen MR) is 81.4 cm³/mol. The van der Waals surface area contributed by atoms with Crippen LogP contribution in [-0.4, -0.2) is 18.2 Å². The Morgan fingerprint density at radius 2 is 1.68 bits per heavy atom. The van der Waals surface area contributed by atoms with Crippen molar-refractivity contribution in [3.8, 4) is 16.9 Å². The summed E-state index contributed by atoms with van der Waals surface area (Å²) in [7, 11) is 1.55. The van der Waals surface area contributed by atoms with Crippen LogP contribution in [-0.2, 0) is 0 Å². The van der Waals surface area contributed by atoms with Crippen LogP contribution in [0.15, 0.2) is 57.7 Å². The van der Waals surface area contributed by atoms with Crippen molar-refractivity contribution in [3.05, 3.63) is 64.7 Å². The zero-order valence-corrected chi connectivity index (χ0v) is 11.7. The fourth-order valence-electron chi connectivity index (χ4n) is 2.40. The summed E-state index contributed by atoms with van der Waals surface area (Å²) < 4.78 is 10.1. The number of fused-ring (bicyclic) bond motifs is 1. The summed E-state index contributed by atoms with van der Waals surface area (Å²) in [4.78, 5) is 23.4. The molecule has 0 aliphatic rings. The number of methoxy groups -OCH3 is 1. The van der Waals surface area contributed by atoms with E-state index in [0.717, 1.165) is 0 Å². The molecule has 5 nitrogen and oxygen atoms in total. The Balaban J connectivity index is 2.39. The van der Waals surface area contributed by atoms with Gasteiger partial charge in [0.15, 0.2) is 0 Å². The first-order valence-electron chi connectivity index (χ1n) is 6.55. The number of benzene rings is 2. The average Bonchev–Trinajstić information content (AvgIpc) is 2.55. The predicted octanol–water partition coefficient (Wildman–Crippen LogP) is 3.17. The van der Waals surface area contributed by atoms with Gasteiger partial charge in [0.05, 0.1) is 12.5 Å². The van der Waals surface area contributed by atoms with Gasteiger partial charge in [-0.2, -0.15) is 0 Å². The molecule has 0 spiro atoms. The summed E-state index contributed by atoms with van der Waals surface area (Å²) in [6.45, 7) is 0. The second kappa shape index (κ2) is 5.37. The van der Waals surface area contributed by atoms with Crippen molar-refractivity contribution in [1.29, 1.82) is 0 Å². The molecule has 22 heavy (non-hydrogen) atoms. The Bertz CT molecular complexity index is 906. The van der Waals surface area contributed by atoms with Crippen molar-refractivity contribution in [2.45, 2.75) is 0 Å². The van der Waals surface area contributed by atoms with Gasteiger partial charge < -0.3 is 14.3 Å². The van der Waals surface area contributed by atoms with Crippen LogP contribution in [0.2, 0.25) is 0 Å². The molecule has 0 radical (unpaired) electrons. The topological polar surface area (TPSA) is 76.7 Å². The van der Waals surface area contributed by atoms with Crippen LogP contribution in [0.3, 0.4) is 0 Å². The molecule has 0 unspecified atom stereocenters. The summed E-state index contributed by atoms with van der Waals surface area (Å²) in [5, 5.41) is 10.2. The number of hydrogen-bond acceptors (Lipinski definition) is 4. The first-order chi connectivity index (χ1) is 10.6. The normalized spacial score (nSPS) is 10.6. The molecule has 0 fully saturated rings. The largest absolute Gasteiger partial charge is 0.497 e. The number of carboxylic acid groups (broad SMARTS) is 1. The van der Waals surface area contributed by atoms with E-state index < -0.39 is 11.6 Å². The van der Waals surface area contributed by atoms with Crippen LogP contribution in [0.1, 0.15) is 10.6 Å². The molecule has 110 valence electrons. The SMILES string of the molecule is COc1ccc(-c2c(C(=O)O)oc(=O)c3ccccc23)cc1. The zero-order valence-electron chi connectivity index (χ0n) is 11.7. The quantitative estimate of drug-likeness (QED) is 0.803. The molecule has 1 aromatic heterocycles. The van der Waals surface area contributed by atoms with E-state index in [-0.39, 0.29) is 5.76 Å². The van der Waals surface area contributed by atoms with Crippen LogP contribution in [0.25, 0.3) is 21.9 Å². The lowest BCUT2D eigenvalue weighted by Crippen LogP contribution is -2.09. The minimum Gasteiger partial charge on any atom is -0.497 e. The lowest BCUT2D eigenvalue weighted by molar-refractivity contribution is 0.0659.